The average Bonchev–Trinajstić information content (AvgIpc) is 3.62. The van der Waals surface area contributed by atoms with Crippen LogP contribution in [0.4, 0.5) is 0 Å². The van der Waals surface area contributed by atoms with E-state index in [0.29, 0.717) is 19.1 Å². The van der Waals surface area contributed by atoms with Crippen molar-refractivity contribution in [3.8, 4) is 0 Å². The van der Waals surface area contributed by atoms with E-state index in [4.69, 9.17) is 21.4 Å². The number of halogens is 1. The van der Waals surface area contributed by atoms with Crippen molar-refractivity contribution < 1.29 is 9.53 Å². The van der Waals surface area contributed by atoms with Crippen molar-refractivity contribution in [1.29, 1.82) is 0 Å². The third kappa shape index (κ3) is 6.69. The number of amides is 1. The topological polar surface area (TPSA) is 54.3 Å². The summed E-state index contributed by atoms with van der Waals surface area (Å²) in [6.07, 6.45) is 10.3. The van der Waals surface area contributed by atoms with Gasteiger partial charge in [-0.1, -0.05) is 54.8 Å². The van der Waals surface area contributed by atoms with Crippen LogP contribution in [0.2, 0.25) is 5.02 Å². The second-order valence-electron chi connectivity index (χ2n) is 10.7. The predicted molar refractivity (Wildman–Crippen MR) is 151 cm³/mol. The van der Waals surface area contributed by atoms with Gasteiger partial charge in [-0.2, -0.15) is 5.10 Å². The van der Waals surface area contributed by atoms with Crippen LogP contribution in [0.25, 0.3) is 0 Å². The molecule has 2 aromatic carbocycles. The lowest BCUT2D eigenvalue weighted by molar-refractivity contribution is -0.133. The lowest BCUT2D eigenvalue weighted by Gasteiger charge is -2.31. The molecule has 1 saturated heterocycles. The lowest BCUT2D eigenvalue weighted by Crippen LogP contribution is -2.40. The quantitative estimate of drug-likeness (QED) is 0.290. The Morgan fingerprint density at radius 1 is 1.00 bits per heavy atom. The molecular formula is C31H38ClN3O2. The van der Waals surface area contributed by atoms with Crippen LogP contribution in [0.5, 0.6) is 0 Å². The monoisotopic (exact) mass is 519 g/mol. The highest BCUT2D eigenvalue weighted by molar-refractivity contribution is 6.30. The largest absolute Gasteiger partial charge is 0.381 e. The summed E-state index contributed by atoms with van der Waals surface area (Å²) in [5, 5.41) is 7.62. The van der Waals surface area contributed by atoms with Crippen molar-refractivity contribution in [1.82, 2.24) is 5.01 Å². The minimum Gasteiger partial charge on any atom is -0.381 e. The number of benzene rings is 2. The molecule has 0 unspecified atom stereocenters. The van der Waals surface area contributed by atoms with E-state index in [-0.39, 0.29) is 11.9 Å². The number of nitrogens with zero attached hydrogens (tertiary/aromatic N) is 3. The molecule has 0 spiro atoms. The van der Waals surface area contributed by atoms with Crippen molar-refractivity contribution in [2.24, 2.45) is 16.0 Å². The summed E-state index contributed by atoms with van der Waals surface area (Å²) < 4.78 is 5.56. The molecule has 3 aliphatic rings. The van der Waals surface area contributed by atoms with Crippen molar-refractivity contribution >= 4 is 28.9 Å². The molecule has 37 heavy (non-hydrogen) atoms. The molecule has 2 heterocycles. The second kappa shape index (κ2) is 12.4. The van der Waals surface area contributed by atoms with Crippen molar-refractivity contribution in [3.63, 3.8) is 0 Å². The van der Waals surface area contributed by atoms with E-state index in [1.54, 1.807) is 11.9 Å². The van der Waals surface area contributed by atoms with Crippen LogP contribution in [-0.2, 0) is 22.4 Å². The van der Waals surface area contributed by atoms with Gasteiger partial charge in [0.1, 0.15) is 0 Å². The minimum atomic E-state index is 0.000339. The molecule has 1 aliphatic carbocycles. The fraction of sp³-hybridized carbons (Fsp3) is 0.516. The summed E-state index contributed by atoms with van der Waals surface area (Å²) in [5.74, 6) is 0.358. The third-order valence-corrected chi connectivity index (χ3v) is 8.18. The van der Waals surface area contributed by atoms with Crippen LogP contribution in [0, 0.1) is 5.92 Å². The molecular weight excluding hydrogens is 482 g/mol. The lowest BCUT2D eigenvalue weighted by atomic mass is 9.89. The third-order valence-electron chi connectivity index (χ3n) is 7.94. The van der Waals surface area contributed by atoms with Gasteiger partial charge in [0.05, 0.1) is 11.8 Å². The number of carbonyl (C=O) groups is 1. The highest BCUT2D eigenvalue weighted by Gasteiger charge is 2.29. The number of rotatable bonds is 8. The first-order chi connectivity index (χ1) is 18.1. The molecule has 0 bridgehead atoms. The van der Waals surface area contributed by atoms with Crippen molar-refractivity contribution in [2.45, 2.75) is 77.2 Å². The van der Waals surface area contributed by atoms with Gasteiger partial charge in [-0.3, -0.25) is 9.79 Å². The van der Waals surface area contributed by atoms with Crippen molar-refractivity contribution in [3.05, 3.63) is 69.7 Å². The Morgan fingerprint density at radius 2 is 1.70 bits per heavy atom. The zero-order chi connectivity index (χ0) is 25.6. The Labute approximate surface area is 226 Å². The first kappa shape index (κ1) is 26.1. The molecule has 5 rings (SSSR count). The summed E-state index contributed by atoms with van der Waals surface area (Å²) >= 11 is 6.51. The van der Waals surface area contributed by atoms with E-state index in [9.17, 15) is 4.79 Å². The maximum absolute atomic E-state index is 12.8. The van der Waals surface area contributed by atoms with Gasteiger partial charge in [-0.25, -0.2) is 5.01 Å². The number of ether oxygens (including phenoxy) is 1. The number of hydrazone groups is 1. The smallest absolute Gasteiger partial charge is 0.239 e. The predicted octanol–water partition coefficient (Wildman–Crippen LogP) is 6.63. The van der Waals surface area contributed by atoms with Gasteiger partial charge >= 0.3 is 0 Å². The zero-order valence-corrected chi connectivity index (χ0v) is 22.7. The summed E-state index contributed by atoms with van der Waals surface area (Å²) in [6, 6.07) is 15.2. The Morgan fingerprint density at radius 3 is 2.35 bits per heavy atom. The molecule has 2 aliphatic heterocycles. The maximum atomic E-state index is 12.8. The van der Waals surface area contributed by atoms with E-state index in [0.717, 1.165) is 67.8 Å². The van der Waals surface area contributed by atoms with Gasteiger partial charge in [0.25, 0.3) is 0 Å². The Balaban J connectivity index is 1.45. The van der Waals surface area contributed by atoms with E-state index >= 15 is 0 Å². The number of hydrogen-bond donors (Lipinski definition) is 0. The zero-order valence-electron chi connectivity index (χ0n) is 21.9. The van der Waals surface area contributed by atoms with Crippen LogP contribution in [0.3, 0.4) is 0 Å². The summed E-state index contributed by atoms with van der Waals surface area (Å²) in [6.45, 7) is 3.97. The first-order valence-electron chi connectivity index (χ1n) is 13.9. The molecule has 0 N–H and O–H groups in total. The van der Waals surface area contributed by atoms with Crippen LogP contribution < -0.4 is 0 Å². The van der Waals surface area contributed by atoms with E-state index in [1.807, 2.05) is 6.07 Å². The Bertz CT molecular complexity index is 1150. The molecule has 2 aromatic rings. The SMILES string of the molecule is CC(=O)N(/N=C(\c1ccc(Cl)cc1Cc1ccc(CC2=NCCC2)cc1)C1CCCC1)C1CCOCC1. The molecule has 1 amide bonds. The molecule has 5 nitrogen and oxygen atoms in total. The fourth-order valence-electron chi connectivity index (χ4n) is 5.94. The van der Waals surface area contributed by atoms with Crippen LogP contribution in [0.15, 0.2) is 52.6 Å². The van der Waals surface area contributed by atoms with Gasteiger partial charge in [0.15, 0.2) is 0 Å². The van der Waals surface area contributed by atoms with E-state index in [2.05, 4.69) is 41.4 Å². The number of hydrogen-bond acceptors (Lipinski definition) is 4. The Hall–Kier alpha value is -2.50. The van der Waals surface area contributed by atoms with Gasteiger partial charge < -0.3 is 4.74 Å². The van der Waals surface area contributed by atoms with Crippen LogP contribution in [-0.4, -0.2) is 48.1 Å². The number of carbonyl (C=O) groups excluding carboxylic acids is 1. The summed E-state index contributed by atoms with van der Waals surface area (Å²) in [5.41, 5.74) is 7.22. The molecule has 0 atom stereocenters. The van der Waals surface area contributed by atoms with Crippen molar-refractivity contribution in [2.75, 3.05) is 19.8 Å². The highest BCUT2D eigenvalue weighted by Crippen LogP contribution is 2.32. The standard InChI is InChI=1S/C31H38ClN3O2/c1-22(36)35(29-14-17-37-18-15-29)34-31(25-5-2-3-6-25)30-13-12-27(32)21-26(30)19-23-8-10-24(11-9-23)20-28-7-4-16-33-28/h8-13,21,25,29H,2-7,14-20H2,1H3/b34-31-. The fourth-order valence-corrected chi connectivity index (χ4v) is 6.14. The highest BCUT2D eigenvalue weighted by atomic mass is 35.5. The molecule has 0 aromatic heterocycles. The number of aliphatic imine (C=N–C) groups is 1. The van der Waals surface area contributed by atoms with Gasteiger partial charge in [0, 0.05) is 55.3 Å². The molecule has 2 fully saturated rings. The molecule has 196 valence electrons. The Kier molecular flexibility index (Phi) is 8.73. The van der Waals surface area contributed by atoms with Crippen LogP contribution in [0.1, 0.15) is 80.5 Å². The van der Waals surface area contributed by atoms with E-state index < -0.39 is 0 Å². The first-order valence-corrected chi connectivity index (χ1v) is 14.3. The second-order valence-corrected chi connectivity index (χ2v) is 11.1. The van der Waals surface area contributed by atoms with Gasteiger partial charge in [-0.15, -0.1) is 0 Å². The summed E-state index contributed by atoms with van der Waals surface area (Å²) in [7, 11) is 0. The molecule has 1 saturated carbocycles. The molecule has 6 heteroatoms. The van der Waals surface area contributed by atoms with E-state index in [1.165, 1.54) is 41.7 Å². The molecule has 0 radical (unpaired) electrons. The maximum Gasteiger partial charge on any atom is 0.239 e. The van der Waals surface area contributed by atoms with Crippen LogP contribution >= 0.6 is 11.6 Å². The van der Waals surface area contributed by atoms with Gasteiger partial charge in [-0.05, 0) is 73.8 Å². The average molecular weight is 520 g/mol. The normalized spacial score (nSPS) is 19.3. The van der Waals surface area contributed by atoms with Gasteiger partial charge in [0.2, 0.25) is 5.91 Å². The summed E-state index contributed by atoms with van der Waals surface area (Å²) in [4.78, 5) is 17.4. The minimum absolute atomic E-state index is 0.000339.